The Kier molecular flexibility index (Phi) is 6.32. The summed E-state index contributed by atoms with van der Waals surface area (Å²) in [6.07, 6.45) is 9.50. The van der Waals surface area contributed by atoms with Crippen molar-refractivity contribution >= 4 is 5.78 Å². The van der Waals surface area contributed by atoms with E-state index < -0.39 is 0 Å². The summed E-state index contributed by atoms with van der Waals surface area (Å²) in [7, 11) is 0. The molecule has 0 aromatic carbocycles. The van der Waals surface area contributed by atoms with Gasteiger partial charge >= 0.3 is 0 Å². The molecular formula is C14H24O. The zero-order valence-electron chi connectivity index (χ0n) is 10.6. The molecular weight excluding hydrogens is 184 g/mol. The first-order chi connectivity index (χ1) is 6.91. The second kappa shape index (κ2) is 6.67. The molecule has 0 N–H and O–H groups in total. The summed E-state index contributed by atoms with van der Waals surface area (Å²) in [6, 6.07) is 0. The first-order valence-corrected chi connectivity index (χ1v) is 5.87. The van der Waals surface area contributed by atoms with Crippen LogP contribution in [0.4, 0.5) is 0 Å². The van der Waals surface area contributed by atoms with Crippen molar-refractivity contribution in [3.05, 3.63) is 0 Å². The van der Waals surface area contributed by atoms with Gasteiger partial charge in [-0.3, -0.25) is 4.79 Å². The van der Waals surface area contributed by atoms with E-state index in [0.29, 0.717) is 31.0 Å². The largest absolute Gasteiger partial charge is 0.300 e. The summed E-state index contributed by atoms with van der Waals surface area (Å²) in [5.74, 6) is 3.38. The van der Waals surface area contributed by atoms with Crippen LogP contribution in [0.3, 0.4) is 0 Å². The summed E-state index contributed by atoms with van der Waals surface area (Å²) in [6.45, 7) is 8.57. The number of carbonyl (C=O) groups is 1. The molecule has 0 aliphatic carbocycles. The van der Waals surface area contributed by atoms with Crippen molar-refractivity contribution < 1.29 is 4.79 Å². The average molecular weight is 208 g/mol. The van der Waals surface area contributed by atoms with Crippen LogP contribution in [0.1, 0.15) is 59.8 Å². The summed E-state index contributed by atoms with van der Waals surface area (Å²) in [5.41, 5.74) is 0.133. The molecule has 0 radical (unpaired) electrons. The van der Waals surface area contributed by atoms with Gasteiger partial charge in [0.05, 0.1) is 0 Å². The lowest BCUT2D eigenvalue weighted by atomic mass is 9.76. The van der Waals surface area contributed by atoms with Crippen molar-refractivity contribution in [1.82, 2.24) is 0 Å². The van der Waals surface area contributed by atoms with Gasteiger partial charge in [-0.05, 0) is 17.8 Å². The molecule has 0 bridgehead atoms. The molecule has 0 aromatic heterocycles. The fourth-order valence-corrected chi connectivity index (χ4v) is 1.58. The Morgan fingerprint density at radius 3 is 2.40 bits per heavy atom. The molecule has 0 aliphatic heterocycles. The van der Waals surface area contributed by atoms with Crippen LogP contribution < -0.4 is 0 Å². The van der Waals surface area contributed by atoms with Crippen LogP contribution in [0.2, 0.25) is 0 Å². The smallest absolute Gasteiger partial charge is 0.133 e. The summed E-state index contributed by atoms with van der Waals surface area (Å²) in [4.78, 5) is 11.7. The van der Waals surface area contributed by atoms with E-state index >= 15 is 0 Å². The third kappa shape index (κ3) is 6.33. The highest BCUT2D eigenvalue weighted by Gasteiger charge is 2.25. The van der Waals surface area contributed by atoms with Gasteiger partial charge in [-0.2, -0.15) is 0 Å². The molecule has 0 aliphatic rings. The van der Waals surface area contributed by atoms with Crippen molar-refractivity contribution in [2.75, 3.05) is 0 Å². The van der Waals surface area contributed by atoms with E-state index in [1.54, 1.807) is 0 Å². The number of Topliss-reactive ketones (excluding diaryl/α,β-unsaturated/α-hetero) is 1. The van der Waals surface area contributed by atoms with Gasteiger partial charge in [-0.25, -0.2) is 0 Å². The molecule has 1 unspecified atom stereocenters. The highest BCUT2D eigenvalue weighted by molar-refractivity contribution is 5.78. The molecule has 0 rings (SSSR count). The maximum atomic E-state index is 11.7. The second-order valence-corrected chi connectivity index (χ2v) is 5.32. The molecule has 15 heavy (non-hydrogen) atoms. The maximum Gasteiger partial charge on any atom is 0.133 e. The molecule has 0 saturated heterocycles. The minimum atomic E-state index is 0.133. The Bertz CT molecular complexity index is 227. The second-order valence-electron chi connectivity index (χ2n) is 5.32. The number of terminal acetylenes is 1. The number of hydrogen-bond donors (Lipinski definition) is 0. The number of hydrogen-bond acceptors (Lipinski definition) is 1. The number of carbonyl (C=O) groups excluding carboxylic acids is 1. The SMILES string of the molecule is C#CCC(CC(=O)CCCC)C(C)(C)C. The van der Waals surface area contributed by atoms with Crippen molar-refractivity contribution in [1.29, 1.82) is 0 Å². The van der Waals surface area contributed by atoms with Crippen molar-refractivity contribution in [2.45, 2.75) is 59.8 Å². The molecule has 1 heteroatoms. The lowest BCUT2D eigenvalue weighted by molar-refractivity contribution is -0.120. The molecule has 0 aromatic rings. The normalized spacial score (nSPS) is 13.3. The Balaban J connectivity index is 4.18. The first-order valence-electron chi connectivity index (χ1n) is 5.87. The molecule has 86 valence electrons. The van der Waals surface area contributed by atoms with E-state index in [9.17, 15) is 4.79 Å². The Morgan fingerprint density at radius 2 is 2.00 bits per heavy atom. The molecule has 0 spiro atoms. The molecule has 0 fully saturated rings. The molecule has 0 amide bonds. The number of ketones is 1. The topological polar surface area (TPSA) is 17.1 Å². The van der Waals surface area contributed by atoms with Crippen LogP contribution in [0.15, 0.2) is 0 Å². The van der Waals surface area contributed by atoms with Crippen molar-refractivity contribution in [2.24, 2.45) is 11.3 Å². The minimum Gasteiger partial charge on any atom is -0.300 e. The van der Waals surface area contributed by atoms with Gasteiger partial charge < -0.3 is 0 Å². The zero-order chi connectivity index (χ0) is 11.9. The van der Waals surface area contributed by atoms with E-state index in [-0.39, 0.29) is 5.41 Å². The number of rotatable bonds is 6. The molecule has 0 heterocycles. The quantitative estimate of drug-likeness (QED) is 0.606. The minimum absolute atomic E-state index is 0.133. The van der Waals surface area contributed by atoms with E-state index in [2.05, 4.69) is 33.6 Å². The maximum absolute atomic E-state index is 11.7. The third-order valence-corrected chi connectivity index (χ3v) is 2.87. The van der Waals surface area contributed by atoms with Crippen LogP contribution in [0, 0.1) is 23.7 Å². The zero-order valence-corrected chi connectivity index (χ0v) is 10.6. The monoisotopic (exact) mass is 208 g/mol. The Hall–Kier alpha value is -0.770. The standard InChI is InChI=1S/C14H24O/c1-6-8-10-13(15)11-12(9-7-2)14(3,4)5/h2,12H,6,8-11H2,1,3-5H3. The van der Waals surface area contributed by atoms with Gasteiger partial charge in [0.15, 0.2) is 0 Å². The lowest BCUT2D eigenvalue weighted by Crippen LogP contribution is -2.23. The number of unbranched alkanes of at least 4 members (excludes halogenated alkanes) is 1. The van der Waals surface area contributed by atoms with Crippen molar-refractivity contribution in [3.8, 4) is 12.3 Å². The van der Waals surface area contributed by atoms with Crippen LogP contribution in [-0.2, 0) is 4.79 Å². The van der Waals surface area contributed by atoms with Gasteiger partial charge in [0, 0.05) is 19.3 Å². The summed E-state index contributed by atoms with van der Waals surface area (Å²) < 4.78 is 0. The van der Waals surface area contributed by atoms with Gasteiger partial charge in [0.2, 0.25) is 0 Å². The van der Waals surface area contributed by atoms with E-state index in [1.807, 2.05) is 0 Å². The summed E-state index contributed by atoms with van der Waals surface area (Å²) in [5, 5.41) is 0. The van der Waals surface area contributed by atoms with Crippen LogP contribution in [-0.4, -0.2) is 5.78 Å². The Morgan fingerprint density at radius 1 is 1.40 bits per heavy atom. The molecule has 1 atom stereocenters. The van der Waals surface area contributed by atoms with Gasteiger partial charge in [0.25, 0.3) is 0 Å². The van der Waals surface area contributed by atoms with Crippen LogP contribution in [0.5, 0.6) is 0 Å². The predicted octanol–water partition coefficient (Wildman–Crippen LogP) is 3.82. The summed E-state index contributed by atoms with van der Waals surface area (Å²) >= 11 is 0. The average Bonchev–Trinajstić information content (AvgIpc) is 2.12. The predicted molar refractivity (Wildman–Crippen MR) is 65.5 cm³/mol. The van der Waals surface area contributed by atoms with E-state index in [4.69, 9.17) is 6.42 Å². The highest BCUT2D eigenvalue weighted by atomic mass is 16.1. The Labute approximate surface area is 94.6 Å². The van der Waals surface area contributed by atoms with Gasteiger partial charge in [-0.15, -0.1) is 12.3 Å². The molecule has 0 saturated carbocycles. The van der Waals surface area contributed by atoms with Crippen LogP contribution in [0.25, 0.3) is 0 Å². The third-order valence-electron chi connectivity index (χ3n) is 2.87. The lowest BCUT2D eigenvalue weighted by Gasteiger charge is -2.28. The molecule has 1 nitrogen and oxygen atoms in total. The van der Waals surface area contributed by atoms with E-state index in [1.165, 1.54) is 0 Å². The van der Waals surface area contributed by atoms with E-state index in [0.717, 1.165) is 12.8 Å². The fraction of sp³-hybridized carbons (Fsp3) is 0.786. The van der Waals surface area contributed by atoms with Crippen LogP contribution >= 0.6 is 0 Å². The van der Waals surface area contributed by atoms with Crippen molar-refractivity contribution in [3.63, 3.8) is 0 Å². The highest BCUT2D eigenvalue weighted by Crippen LogP contribution is 2.31. The first kappa shape index (κ1) is 14.2. The fourth-order valence-electron chi connectivity index (χ4n) is 1.58. The van der Waals surface area contributed by atoms with Gasteiger partial charge in [0.1, 0.15) is 5.78 Å². The van der Waals surface area contributed by atoms with Gasteiger partial charge in [-0.1, -0.05) is 34.1 Å².